The lowest BCUT2D eigenvalue weighted by molar-refractivity contribution is -0.402. The molecule has 17 heavy (non-hydrogen) atoms. The average Bonchev–Trinajstić information content (AvgIpc) is 2.75. The van der Waals surface area contributed by atoms with Crippen LogP contribution >= 0.6 is 0 Å². The number of anilines is 1. The molecular weight excluding hydrogens is 224 g/mol. The van der Waals surface area contributed by atoms with E-state index < -0.39 is 4.92 Å². The van der Waals surface area contributed by atoms with E-state index in [4.69, 9.17) is 4.42 Å². The third-order valence-electron chi connectivity index (χ3n) is 2.14. The first-order chi connectivity index (χ1) is 8.15. The van der Waals surface area contributed by atoms with Crippen LogP contribution in [0, 0.1) is 10.1 Å². The first kappa shape index (κ1) is 11.0. The van der Waals surface area contributed by atoms with Crippen LogP contribution in [0.1, 0.15) is 5.76 Å². The Morgan fingerprint density at radius 1 is 1.35 bits per heavy atom. The standard InChI is InChI=1S/C11H10N2O4/c14-9-3-1-2-8(6-9)12-7-10-4-5-11(17-10)13(15)16/h1-6,12,14H,7H2. The average molecular weight is 234 g/mol. The van der Waals surface area contributed by atoms with E-state index in [1.54, 1.807) is 24.3 Å². The highest BCUT2D eigenvalue weighted by Crippen LogP contribution is 2.19. The molecule has 0 saturated carbocycles. The van der Waals surface area contributed by atoms with Crippen molar-refractivity contribution in [3.05, 3.63) is 52.3 Å². The summed E-state index contributed by atoms with van der Waals surface area (Å²) in [6, 6.07) is 9.42. The Kier molecular flexibility index (Phi) is 2.95. The molecule has 6 heteroatoms. The third-order valence-corrected chi connectivity index (χ3v) is 2.14. The quantitative estimate of drug-likeness (QED) is 0.626. The number of rotatable bonds is 4. The lowest BCUT2D eigenvalue weighted by Crippen LogP contribution is -1.97. The molecule has 0 atom stereocenters. The van der Waals surface area contributed by atoms with Crippen LogP contribution in [0.4, 0.5) is 11.6 Å². The zero-order valence-corrected chi connectivity index (χ0v) is 8.79. The van der Waals surface area contributed by atoms with Crippen molar-refractivity contribution in [3.8, 4) is 5.75 Å². The maximum Gasteiger partial charge on any atom is 0.433 e. The monoisotopic (exact) mass is 234 g/mol. The van der Waals surface area contributed by atoms with Gasteiger partial charge in [0.1, 0.15) is 16.4 Å². The van der Waals surface area contributed by atoms with Crippen molar-refractivity contribution < 1.29 is 14.4 Å². The SMILES string of the molecule is O=[N+]([O-])c1ccc(CNc2cccc(O)c2)o1. The Morgan fingerprint density at radius 3 is 2.82 bits per heavy atom. The Hall–Kier alpha value is -2.50. The van der Waals surface area contributed by atoms with Gasteiger partial charge in [0.05, 0.1) is 12.6 Å². The maximum atomic E-state index is 10.4. The van der Waals surface area contributed by atoms with Crippen LogP contribution in [0.2, 0.25) is 0 Å². The smallest absolute Gasteiger partial charge is 0.433 e. The summed E-state index contributed by atoms with van der Waals surface area (Å²) in [5, 5.41) is 22.6. The Bertz CT molecular complexity index is 536. The fraction of sp³-hybridized carbons (Fsp3) is 0.0909. The molecule has 6 nitrogen and oxygen atoms in total. The van der Waals surface area contributed by atoms with Crippen LogP contribution in [0.15, 0.2) is 40.8 Å². The van der Waals surface area contributed by atoms with Crippen LogP contribution < -0.4 is 5.32 Å². The Labute approximate surface area is 96.6 Å². The summed E-state index contributed by atoms with van der Waals surface area (Å²) in [5.41, 5.74) is 0.712. The minimum Gasteiger partial charge on any atom is -0.508 e. The molecule has 2 aromatic rings. The van der Waals surface area contributed by atoms with Gasteiger partial charge in [-0.15, -0.1) is 0 Å². The Morgan fingerprint density at radius 2 is 2.18 bits per heavy atom. The van der Waals surface area contributed by atoms with Crippen LogP contribution in [0.3, 0.4) is 0 Å². The number of nitrogens with one attached hydrogen (secondary N) is 1. The minimum atomic E-state index is -0.585. The van der Waals surface area contributed by atoms with Gasteiger partial charge in [-0.25, -0.2) is 0 Å². The van der Waals surface area contributed by atoms with Gasteiger partial charge in [-0.2, -0.15) is 0 Å². The predicted molar refractivity (Wildman–Crippen MR) is 60.8 cm³/mol. The minimum absolute atomic E-state index is 0.153. The summed E-state index contributed by atoms with van der Waals surface area (Å²) in [6.45, 7) is 0.317. The predicted octanol–water partition coefficient (Wildman–Crippen LogP) is 2.51. The molecular formula is C11H10N2O4. The van der Waals surface area contributed by atoms with E-state index in [2.05, 4.69) is 5.32 Å². The highest BCUT2D eigenvalue weighted by atomic mass is 16.6. The molecule has 88 valence electrons. The third kappa shape index (κ3) is 2.75. The summed E-state index contributed by atoms with van der Waals surface area (Å²) in [4.78, 5) is 9.81. The van der Waals surface area contributed by atoms with E-state index >= 15 is 0 Å². The lowest BCUT2D eigenvalue weighted by atomic mass is 10.3. The topological polar surface area (TPSA) is 88.5 Å². The van der Waals surface area contributed by atoms with E-state index in [0.717, 1.165) is 0 Å². The molecule has 0 bridgehead atoms. The molecule has 2 N–H and O–H groups in total. The van der Waals surface area contributed by atoms with Gasteiger partial charge < -0.3 is 14.8 Å². The highest BCUT2D eigenvalue weighted by molar-refractivity contribution is 5.47. The normalized spacial score (nSPS) is 10.1. The molecule has 1 aromatic carbocycles. The molecule has 0 spiro atoms. The number of furan rings is 1. The zero-order valence-electron chi connectivity index (χ0n) is 8.79. The van der Waals surface area contributed by atoms with E-state index in [9.17, 15) is 15.2 Å². The van der Waals surface area contributed by atoms with Crippen molar-refractivity contribution >= 4 is 11.6 Å². The molecule has 0 saturated heterocycles. The van der Waals surface area contributed by atoms with Gasteiger partial charge in [0.15, 0.2) is 0 Å². The van der Waals surface area contributed by atoms with Gasteiger partial charge in [-0.1, -0.05) is 6.07 Å². The number of hydrogen-bond acceptors (Lipinski definition) is 5. The molecule has 0 amide bonds. The van der Waals surface area contributed by atoms with Gasteiger partial charge in [0, 0.05) is 11.8 Å². The van der Waals surface area contributed by atoms with Crippen LogP contribution in [-0.2, 0) is 6.54 Å². The number of aromatic hydroxyl groups is 1. The fourth-order valence-electron chi connectivity index (χ4n) is 1.36. The first-order valence-corrected chi connectivity index (χ1v) is 4.91. The molecule has 0 aliphatic carbocycles. The highest BCUT2D eigenvalue weighted by Gasteiger charge is 2.11. The maximum absolute atomic E-state index is 10.4. The van der Waals surface area contributed by atoms with Crippen molar-refractivity contribution in [1.29, 1.82) is 0 Å². The first-order valence-electron chi connectivity index (χ1n) is 4.91. The molecule has 0 unspecified atom stereocenters. The van der Waals surface area contributed by atoms with Gasteiger partial charge in [-0.3, -0.25) is 10.1 Å². The molecule has 0 radical (unpaired) electrons. The van der Waals surface area contributed by atoms with Gasteiger partial charge in [0.25, 0.3) is 0 Å². The molecule has 0 aliphatic rings. The van der Waals surface area contributed by atoms with Gasteiger partial charge in [0.2, 0.25) is 0 Å². The summed E-state index contributed by atoms with van der Waals surface area (Å²) in [6.07, 6.45) is 0. The second-order valence-corrected chi connectivity index (χ2v) is 3.40. The van der Waals surface area contributed by atoms with Crippen LogP contribution in [0.5, 0.6) is 5.75 Å². The summed E-state index contributed by atoms with van der Waals surface area (Å²) >= 11 is 0. The summed E-state index contributed by atoms with van der Waals surface area (Å²) in [5.74, 6) is 0.332. The van der Waals surface area contributed by atoms with E-state index in [1.807, 2.05) is 0 Å². The second kappa shape index (κ2) is 4.56. The number of nitrogens with zero attached hydrogens (tertiary/aromatic N) is 1. The van der Waals surface area contributed by atoms with Crippen molar-refractivity contribution in [3.63, 3.8) is 0 Å². The van der Waals surface area contributed by atoms with E-state index in [1.165, 1.54) is 12.1 Å². The Balaban J connectivity index is 2.00. The fourth-order valence-corrected chi connectivity index (χ4v) is 1.36. The summed E-state index contributed by atoms with van der Waals surface area (Å²) < 4.78 is 4.97. The summed E-state index contributed by atoms with van der Waals surface area (Å²) in [7, 11) is 0. The number of benzene rings is 1. The van der Waals surface area contributed by atoms with Crippen molar-refractivity contribution in [1.82, 2.24) is 0 Å². The van der Waals surface area contributed by atoms with Crippen LogP contribution in [-0.4, -0.2) is 10.0 Å². The van der Waals surface area contributed by atoms with E-state index in [-0.39, 0.29) is 11.6 Å². The molecule has 1 heterocycles. The van der Waals surface area contributed by atoms with Crippen LogP contribution in [0.25, 0.3) is 0 Å². The number of phenols is 1. The molecule has 0 aliphatic heterocycles. The largest absolute Gasteiger partial charge is 0.508 e. The molecule has 1 aromatic heterocycles. The van der Waals surface area contributed by atoms with Crippen molar-refractivity contribution in [2.75, 3.05) is 5.32 Å². The molecule has 2 rings (SSSR count). The van der Waals surface area contributed by atoms with Gasteiger partial charge in [-0.05, 0) is 18.2 Å². The second-order valence-electron chi connectivity index (χ2n) is 3.40. The lowest BCUT2D eigenvalue weighted by Gasteiger charge is -2.03. The van der Waals surface area contributed by atoms with Gasteiger partial charge >= 0.3 is 5.88 Å². The number of hydrogen-bond donors (Lipinski definition) is 2. The zero-order chi connectivity index (χ0) is 12.3. The number of nitro groups is 1. The molecule has 0 fully saturated rings. The number of phenolic OH excluding ortho intramolecular Hbond substituents is 1. The van der Waals surface area contributed by atoms with Crippen molar-refractivity contribution in [2.45, 2.75) is 6.54 Å². The van der Waals surface area contributed by atoms with Crippen molar-refractivity contribution in [2.24, 2.45) is 0 Å². The van der Waals surface area contributed by atoms with E-state index in [0.29, 0.717) is 18.0 Å².